The fraction of sp³-hybridized carbons (Fsp3) is 0.938. The first-order valence-corrected chi connectivity index (χ1v) is 23.9. The third-order valence-corrected chi connectivity index (χ3v) is 11.6. The Bertz CT molecular complexity index is 766. The Morgan fingerprint density at radius 3 is 0.960 bits per heavy atom. The molecule has 0 saturated heterocycles. The molecule has 296 valence electrons. The molecule has 0 aliphatic rings. The van der Waals surface area contributed by atoms with E-state index in [4.69, 9.17) is 0 Å². The van der Waals surface area contributed by atoms with Crippen molar-refractivity contribution in [2.45, 2.75) is 291 Å². The lowest BCUT2D eigenvalue weighted by molar-refractivity contribution is -0.704. The highest BCUT2D eigenvalue weighted by molar-refractivity contribution is 4.84. The van der Waals surface area contributed by atoms with Crippen LogP contribution in [0.25, 0.3) is 0 Å². The molecule has 0 bridgehead atoms. The van der Waals surface area contributed by atoms with E-state index in [1.165, 1.54) is 270 Å². The van der Waals surface area contributed by atoms with Gasteiger partial charge in [-0.2, -0.15) is 0 Å². The van der Waals surface area contributed by atoms with Crippen LogP contribution in [-0.4, -0.2) is 4.57 Å². The molecular formula is C48H95N2+. The second kappa shape index (κ2) is 39.4. The van der Waals surface area contributed by atoms with E-state index in [0.717, 1.165) is 0 Å². The molecule has 1 rings (SSSR count). The molecule has 0 fully saturated rings. The molecule has 0 aliphatic heterocycles. The molecule has 0 saturated carbocycles. The molecule has 50 heavy (non-hydrogen) atoms. The summed E-state index contributed by atoms with van der Waals surface area (Å²) >= 11 is 0. The SMILES string of the molecule is CCCCCCCCCCCCCCCCCCn1cc[n+](CCCCCCCCCCCCCCCCC)c1CCCCCCCCCC. The van der Waals surface area contributed by atoms with Gasteiger partial charge in [0.25, 0.3) is 5.82 Å². The van der Waals surface area contributed by atoms with Crippen molar-refractivity contribution >= 4 is 0 Å². The second-order valence-electron chi connectivity index (χ2n) is 16.6. The van der Waals surface area contributed by atoms with E-state index < -0.39 is 0 Å². The molecular weight excluding hydrogens is 605 g/mol. The van der Waals surface area contributed by atoms with Crippen molar-refractivity contribution in [2.75, 3.05) is 0 Å². The number of hydrogen-bond donors (Lipinski definition) is 0. The highest BCUT2D eigenvalue weighted by Gasteiger charge is 2.16. The average molecular weight is 700 g/mol. The van der Waals surface area contributed by atoms with Crippen LogP contribution >= 0.6 is 0 Å². The number of hydrogen-bond acceptors (Lipinski definition) is 0. The van der Waals surface area contributed by atoms with E-state index in [1.54, 1.807) is 5.82 Å². The van der Waals surface area contributed by atoms with Gasteiger partial charge in [0, 0.05) is 6.42 Å². The van der Waals surface area contributed by atoms with Crippen LogP contribution in [0.1, 0.15) is 277 Å². The van der Waals surface area contributed by atoms with Gasteiger partial charge in [-0.1, -0.05) is 239 Å². The number of imidazole rings is 1. The topological polar surface area (TPSA) is 8.81 Å². The molecule has 0 N–H and O–H groups in total. The van der Waals surface area contributed by atoms with E-state index in [2.05, 4.69) is 42.3 Å². The van der Waals surface area contributed by atoms with Crippen LogP contribution in [0.4, 0.5) is 0 Å². The minimum absolute atomic E-state index is 1.23. The minimum Gasteiger partial charge on any atom is -0.234 e. The molecule has 0 spiro atoms. The van der Waals surface area contributed by atoms with Gasteiger partial charge in [0.05, 0.1) is 13.1 Å². The third kappa shape index (κ3) is 30.8. The van der Waals surface area contributed by atoms with Crippen molar-refractivity contribution in [2.24, 2.45) is 0 Å². The lowest BCUT2D eigenvalue weighted by atomic mass is 10.0. The normalized spacial score (nSPS) is 11.7. The van der Waals surface area contributed by atoms with Crippen molar-refractivity contribution < 1.29 is 4.57 Å². The van der Waals surface area contributed by atoms with Crippen LogP contribution < -0.4 is 4.57 Å². The molecule has 1 heterocycles. The number of aromatic nitrogens is 2. The Hall–Kier alpha value is -0.790. The Balaban J connectivity index is 2.20. The molecule has 1 aromatic rings. The standard InChI is InChI=1S/C48H95N2/c1-4-7-10-13-16-19-21-23-25-27-29-31-33-36-39-42-45-50-47-46-49(48(50)43-40-37-34-18-15-12-9-6-3)44-41-38-35-32-30-28-26-24-22-20-17-14-11-8-5-2/h46-47H,4-45H2,1-3H3/q+1. The largest absolute Gasteiger partial charge is 0.256 e. The third-order valence-electron chi connectivity index (χ3n) is 11.6. The van der Waals surface area contributed by atoms with Gasteiger partial charge in [0.2, 0.25) is 0 Å². The Labute approximate surface area is 317 Å². The highest BCUT2D eigenvalue weighted by atomic mass is 15.1. The first kappa shape index (κ1) is 47.2. The monoisotopic (exact) mass is 700 g/mol. The van der Waals surface area contributed by atoms with Gasteiger partial charge in [-0.05, 0) is 32.1 Å². The molecule has 2 heteroatoms. The van der Waals surface area contributed by atoms with Crippen molar-refractivity contribution in [3.05, 3.63) is 18.2 Å². The number of aryl methyl sites for hydroxylation is 2. The fourth-order valence-electron chi connectivity index (χ4n) is 8.09. The smallest absolute Gasteiger partial charge is 0.234 e. The Kier molecular flexibility index (Phi) is 37.2. The van der Waals surface area contributed by atoms with Gasteiger partial charge in [0.1, 0.15) is 12.4 Å². The summed E-state index contributed by atoms with van der Waals surface area (Å²) in [7, 11) is 0. The Morgan fingerprint density at radius 1 is 0.340 bits per heavy atom. The maximum atomic E-state index is 2.65. The molecule has 0 amide bonds. The summed E-state index contributed by atoms with van der Waals surface area (Å²) in [6, 6.07) is 0. The van der Waals surface area contributed by atoms with E-state index in [9.17, 15) is 0 Å². The van der Waals surface area contributed by atoms with Crippen LogP contribution in [0.2, 0.25) is 0 Å². The van der Waals surface area contributed by atoms with Crippen molar-refractivity contribution in [1.29, 1.82) is 0 Å². The summed E-state index contributed by atoms with van der Waals surface area (Å²) in [4.78, 5) is 0. The quantitative estimate of drug-likeness (QED) is 0.0474. The predicted molar refractivity (Wildman–Crippen MR) is 225 cm³/mol. The lowest BCUT2D eigenvalue weighted by Gasteiger charge is -2.07. The maximum absolute atomic E-state index is 2.65. The van der Waals surface area contributed by atoms with Crippen molar-refractivity contribution in [3.63, 3.8) is 0 Å². The van der Waals surface area contributed by atoms with E-state index >= 15 is 0 Å². The fourth-order valence-corrected chi connectivity index (χ4v) is 8.09. The van der Waals surface area contributed by atoms with Crippen LogP contribution in [0.15, 0.2) is 12.4 Å². The first-order chi connectivity index (χ1) is 24.8. The van der Waals surface area contributed by atoms with Crippen LogP contribution in [0.5, 0.6) is 0 Å². The number of rotatable bonds is 42. The molecule has 2 nitrogen and oxygen atoms in total. The van der Waals surface area contributed by atoms with Gasteiger partial charge in [0.15, 0.2) is 0 Å². The zero-order chi connectivity index (χ0) is 35.8. The van der Waals surface area contributed by atoms with Gasteiger partial charge in [-0.15, -0.1) is 0 Å². The summed E-state index contributed by atoms with van der Waals surface area (Å²) in [5, 5.41) is 0. The van der Waals surface area contributed by atoms with Crippen LogP contribution in [0.3, 0.4) is 0 Å². The summed E-state index contributed by atoms with van der Waals surface area (Å²) in [6.45, 7) is 9.42. The number of unbranched alkanes of at least 4 members (excludes halogenated alkanes) is 36. The summed E-state index contributed by atoms with van der Waals surface area (Å²) < 4.78 is 5.30. The van der Waals surface area contributed by atoms with Crippen molar-refractivity contribution in [3.8, 4) is 0 Å². The first-order valence-electron chi connectivity index (χ1n) is 23.9. The highest BCUT2D eigenvalue weighted by Crippen LogP contribution is 2.16. The molecule has 0 aromatic carbocycles. The number of nitrogens with zero attached hydrogens (tertiary/aromatic N) is 2. The van der Waals surface area contributed by atoms with Crippen LogP contribution in [0, 0.1) is 0 Å². The minimum atomic E-state index is 1.23. The molecule has 0 radical (unpaired) electrons. The summed E-state index contributed by atoms with van der Waals surface area (Å²) in [6.07, 6.45) is 62.3. The molecule has 1 aromatic heterocycles. The maximum Gasteiger partial charge on any atom is 0.256 e. The van der Waals surface area contributed by atoms with Gasteiger partial charge < -0.3 is 0 Å². The Morgan fingerprint density at radius 2 is 0.620 bits per heavy atom. The van der Waals surface area contributed by atoms with Crippen LogP contribution in [-0.2, 0) is 19.5 Å². The molecule has 0 unspecified atom stereocenters. The van der Waals surface area contributed by atoms with E-state index in [-0.39, 0.29) is 0 Å². The summed E-state index contributed by atoms with van der Waals surface area (Å²) in [5.74, 6) is 1.63. The average Bonchev–Trinajstić information content (AvgIpc) is 3.51. The van der Waals surface area contributed by atoms with E-state index in [1.807, 2.05) is 0 Å². The predicted octanol–water partition coefficient (Wildman–Crippen LogP) is 16.6. The summed E-state index contributed by atoms with van der Waals surface area (Å²) in [5.41, 5.74) is 0. The zero-order valence-corrected chi connectivity index (χ0v) is 35.2. The van der Waals surface area contributed by atoms with Gasteiger partial charge >= 0.3 is 0 Å². The van der Waals surface area contributed by atoms with Gasteiger partial charge in [-0.3, -0.25) is 0 Å². The van der Waals surface area contributed by atoms with Gasteiger partial charge in [-0.25, -0.2) is 9.13 Å². The van der Waals surface area contributed by atoms with E-state index in [0.29, 0.717) is 0 Å². The molecule has 0 atom stereocenters. The molecule has 0 aliphatic carbocycles. The van der Waals surface area contributed by atoms with Crippen molar-refractivity contribution in [1.82, 2.24) is 4.57 Å². The second-order valence-corrected chi connectivity index (χ2v) is 16.6. The zero-order valence-electron chi connectivity index (χ0n) is 35.2. The lowest BCUT2D eigenvalue weighted by Crippen LogP contribution is -2.37.